The average Bonchev–Trinajstić information content (AvgIpc) is 1.86. The summed E-state index contributed by atoms with van der Waals surface area (Å²) in [5.74, 6) is 0.172. The van der Waals surface area contributed by atoms with Gasteiger partial charge in [0.25, 0.3) is 0 Å². The van der Waals surface area contributed by atoms with Gasteiger partial charge in [-0.25, -0.2) is 0 Å². The predicted octanol–water partition coefficient (Wildman–Crippen LogP) is 2.03. The highest BCUT2D eigenvalue weighted by atomic mass is 16.5. The van der Waals surface area contributed by atoms with Crippen molar-refractivity contribution in [3.63, 3.8) is 0 Å². The highest BCUT2D eigenvalue weighted by molar-refractivity contribution is 5.84. The molecular formula is C9H18O2. The number of hydrogen-bond acceptors (Lipinski definition) is 2. The first kappa shape index (κ1) is 10.6. The van der Waals surface area contributed by atoms with Crippen LogP contribution in [0.25, 0.3) is 0 Å². The van der Waals surface area contributed by atoms with Gasteiger partial charge in [-0.15, -0.1) is 0 Å². The molecule has 0 radical (unpaired) electrons. The molecule has 0 bridgehead atoms. The molecule has 0 aromatic heterocycles. The van der Waals surface area contributed by atoms with Gasteiger partial charge in [-0.05, 0) is 6.42 Å². The van der Waals surface area contributed by atoms with Gasteiger partial charge in [0.2, 0.25) is 0 Å². The zero-order valence-electron chi connectivity index (χ0n) is 7.94. The first-order chi connectivity index (χ1) is 4.98. The van der Waals surface area contributed by atoms with Crippen molar-refractivity contribution < 1.29 is 9.53 Å². The highest BCUT2D eigenvalue weighted by Crippen LogP contribution is 2.14. The van der Waals surface area contributed by atoms with E-state index in [1.807, 2.05) is 27.7 Å². The van der Waals surface area contributed by atoms with E-state index in [0.29, 0.717) is 6.61 Å². The third kappa shape index (κ3) is 4.96. The monoisotopic (exact) mass is 158 g/mol. The van der Waals surface area contributed by atoms with Crippen molar-refractivity contribution in [2.24, 2.45) is 5.41 Å². The van der Waals surface area contributed by atoms with Crippen LogP contribution in [0.4, 0.5) is 0 Å². The van der Waals surface area contributed by atoms with E-state index >= 15 is 0 Å². The van der Waals surface area contributed by atoms with Crippen molar-refractivity contribution in [2.75, 3.05) is 13.2 Å². The van der Waals surface area contributed by atoms with Crippen LogP contribution in [-0.2, 0) is 9.53 Å². The van der Waals surface area contributed by atoms with Crippen LogP contribution in [0.3, 0.4) is 0 Å². The van der Waals surface area contributed by atoms with Crippen LogP contribution in [0.5, 0.6) is 0 Å². The van der Waals surface area contributed by atoms with E-state index < -0.39 is 0 Å². The molecule has 0 N–H and O–H groups in total. The maximum Gasteiger partial charge on any atom is 0.163 e. The number of ketones is 1. The van der Waals surface area contributed by atoms with Gasteiger partial charge in [0, 0.05) is 12.0 Å². The number of carbonyl (C=O) groups is 1. The number of carbonyl (C=O) groups excluding carboxylic acids is 1. The molecule has 11 heavy (non-hydrogen) atoms. The van der Waals surface area contributed by atoms with E-state index in [1.165, 1.54) is 0 Å². The molecule has 0 spiro atoms. The van der Waals surface area contributed by atoms with Gasteiger partial charge in [-0.3, -0.25) is 4.79 Å². The van der Waals surface area contributed by atoms with Gasteiger partial charge in [0.1, 0.15) is 6.61 Å². The topological polar surface area (TPSA) is 26.3 Å². The lowest BCUT2D eigenvalue weighted by Gasteiger charge is -2.15. The Hall–Kier alpha value is -0.370. The molecule has 0 aliphatic rings. The lowest BCUT2D eigenvalue weighted by molar-refractivity contribution is -0.131. The molecular weight excluding hydrogens is 140 g/mol. The molecule has 0 aromatic carbocycles. The van der Waals surface area contributed by atoms with E-state index in [9.17, 15) is 4.79 Å². The fourth-order valence-electron chi connectivity index (χ4n) is 0.526. The van der Waals surface area contributed by atoms with Crippen LogP contribution in [0.1, 0.15) is 34.1 Å². The Bertz CT molecular complexity index is 122. The minimum atomic E-state index is -0.256. The minimum Gasteiger partial charge on any atom is -0.374 e. The van der Waals surface area contributed by atoms with E-state index in [-0.39, 0.29) is 17.8 Å². The number of ether oxygens (including phenoxy) is 1. The van der Waals surface area contributed by atoms with Crippen molar-refractivity contribution in [1.82, 2.24) is 0 Å². The normalized spacial score (nSPS) is 11.6. The molecule has 0 fully saturated rings. The van der Waals surface area contributed by atoms with Gasteiger partial charge >= 0.3 is 0 Å². The summed E-state index contributed by atoms with van der Waals surface area (Å²) < 4.78 is 5.12. The molecule has 0 atom stereocenters. The lowest BCUT2D eigenvalue weighted by Crippen LogP contribution is -2.25. The lowest BCUT2D eigenvalue weighted by atomic mass is 9.91. The molecule has 2 heteroatoms. The Morgan fingerprint density at radius 2 is 1.91 bits per heavy atom. The summed E-state index contributed by atoms with van der Waals surface area (Å²) in [6.07, 6.45) is 0.970. The fourth-order valence-corrected chi connectivity index (χ4v) is 0.526. The summed E-state index contributed by atoms with van der Waals surface area (Å²) in [5, 5.41) is 0. The van der Waals surface area contributed by atoms with Crippen molar-refractivity contribution in [1.29, 1.82) is 0 Å². The maximum absolute atomic E-state index is 11.2. The van der Waals surface area contributed by atoms with Crippen molar-refractivity contribution in [3.05, 3.63) is 0 Å². The van der Waals surface area contributed by atoms with Crippen LogP contribution in [-0.4, -0.2) is 19.0 Å². The average molecular weight is 158 g/mol. The molecule has 0 aliphatic heterocycles. The first-order valence-electron chi connectivity index (χ1n) is 4.09. The van der Waals surface area contributed by atoms with Gasteiger partial charge < -0.3 is 4.74 Å². The smallest absolute Gasteiger partial charge is 0.163 e. The molecule has 0 saturated heterocycles. The zero-order valence-corrected chi connectivity index (χ0v) is 7.94. The van der Waals surface area contributed by atoms with Crippen LogP contribution >= 0.6 is 0 Å². The Balaban J connectivity index is 3.54. The maximum atomic E-state index is 11.2. The second kappa shape index (κ2) is 4.50. The van der Waals surface area contributed by atoms with E-state index in [1.54, 1.807) is 0 Å². The molecule has 0 unspecified atom stereocenters. The summed E-state index contributed by atoms with van der Waals surface area (Å²) in [6, 6.07) is 0. The Morgan fingerprint density at radius 3 is 2.27 bits per heavy atom. The van der Waals surface area contributed by atoms with E-state index in [4.69, 9.17) is 4.74 Å². The quantitative estimate of drug-likeness (QED) is 0.585. The van der Waals surface area contributed by atoms with E-state index in [0.717, 1.165) is 6.42 Å². The first-order valence-corrected chi connectivity index (χ1v) is 4.09. The molecule has 0 saturated carbocycles. The van der Waals surface area contributed by atoms with Gasteiger partial charge in [-0.2, -0.15) is 0 Å². The van der Waals surface area contributed by atoms with Crippen molar-refractivity contribution >= 4 is 5.78 Å². The highest BCUT2D eigenvalue weighted by Gasteiger charge is 2.20. The van der Waals surface area contributed by atoms with Gasteiger partial charge in [0.05, 0.1) is 0 Å². The second-order valence-corrected chi connectivity index (χ2v) is 3.73. The van der Waals surface area contributed by atoms with Crippen LogP contribution < -0.4 is 0 Å². The minimum absolute atomic E-state index is 0.172. The third-order valence-electron chi connectivity index (χ3n) is 1.42. The molecule has 66 valence electrons. The SMILES string of the molecule is CCCOCC(=O)C(C)(C)C. The van der Waals surface area contributed by atoms with Crippen molar-refractivity contribution in [2.45, 2.75) is 34.1 Å². The third-order valence-corrected chi connectivity index (χ3v) is 1.42. The Labute approximate surface area is 68.9 Å². The molecule has 0 amide bonds. The number of hydrogen-bond donors (Lipinski definition) is 0. The molecule has 0 aromatic rings. The molecule has 0 aliphatic carbocycles. The zero-order chi connectivity index (χ0) is 8.91. The predicted molar refractivity (Wildman–Crippen MR) is 45.6 cm³/mol. The summed E-state index contributed by atoms with van der Waals surface area (Å²) in [5.41, 5.74) is -0.256. The van der Waals surface area contributed by atoms with Crippen LogP contribution in [0, 0.1) is 5.41 Å². The fraction of sp³-hybridized carbons (Fsp3) is 0.889. The Morgan fingerprint density at radius 1 is 1.36 bits per heavy atom. The number of rotatable bonds is 4. The van der Waals surface area contributed by atoms with Crippen molar-refractivity contribution in [3.8, 4) is 0 Å². The molecule has 0 heterocycles. The van der Waals surface area contributed by atoms with E-state index in [2.05, 4.69) is 0 Å². The van der Waals surface area contributed by atoms with Gasteiger partial charge in [0.15, 0.2) is 5.78 Å². The Kier molecular flexibility index (Phi) is 4.34. The summed E-state index contributed by atoms with van der Waals surface area (Å²) >= 11 is 0. The van der Waals surface area contributed by atoms with Crippen LogP contribution in [0.15, 0.2) is 0 Å². The molecule has 2 nitrogen and oxygen atoms in total. The molecule has 0 rings (SSSR count). The summed E-state index contributed by atoms with van der Waals surface area (Å²) in [4.78, 5) is 11.2. The van der Waals surface area contributed by atoms with Gasteiger partial charge in [-0.1, -0.05) is 27.7 Å². The van der Waals surface area contributed by atoms with Crippen LogP contribution in [0.2, 0.25) is 0 Å². The summed E-state index contributed by atoms with van der Waals surface area (Å²) in [7, 11) is 0. The standard InChI is InChI=1S/C9H18O2/c1-5-6-11-7-8(10)9(2,3)4/h5-7H2,1-4H3. The largest absolute Gasteiger partial charge is 0.374 e. The summed E-state index contributed by atoms with van der Waals surface area (Å²) in [6.45, 7) is 8.70. The number of Topliss-reactive ketones (excluding diaryl/α,β-unsaturated/α-hetero) is 1. The second-order valence-electron chi connectivity index (χ2n) is 3.73.